The Hall–Kier alpha value is -0.0200. The van der Waals surface area contributed by atoms with Crippen LogP contribution in [0, 0.1) is 0 Å². The molecule has 0 atom stereocenters. The monoisotopic (exact) mass is 148 g/mol. The average molecular weight is 148 g/mol. The van der Waals surface area contributed by atoms with Gasteiger partial charge in [0.1, 0.15) is 5.78 Å². The van der Waals surface area contributed by atoms with Crippen molar-refractivity contribution in [3.63, 3.8) is 0 Å². The van der Waals surface area contributed by atoms with Crippen molar-refractivity contribution in [2.24, 2.45) is 0 Å². The summed E-state index contributed by atoms with van der Waals surface area (Å²) in [6.07, 6.45) is 1.60. The average Bonchev–Trinajstić information content (AvgIpc) is 1.80. The Balaban J connectivity index is 2.83. The molecule has 0 bridgehead atoms. The number of Topliss-reactive ketones (excluding diaryl/α,β-unsaturated/α-hetero) is 1. The topological polar surface area (TPSA) is 26.3 Å². The Morgan fingerprint density at radius 1 is 1.67 bits per heavy atom. The number of hydrogen-bond donors (Lipinski definition) is 0. The maximum absolute atomic E-state index is 10.4. The minimum atomic E-state index is 0.256. The maximum atomic E-state index is 10.4. The van der Waals surface area contributed by atoms with Crippen molar-refractivity contribution in [3.8, 4) is 0 Å². The van der Waals surface area contributed by atoms with Gasteiger partial charge < -0.3 is 8.98 Å². The lowest BCUT2D eigenvalue weighted by molar-refractivity contribution is -0.117. The Bertz CT molecular complexity index is 83.1. The van der Waals surface area contributed by atoms with E-state index in [-0.39, 0.29) is 5.78 Å². The summed E-state index contributed by atoms with van der Waals surface area (Å²) >= 11 is 1.40. The highest BCUT2D eigenvalue weighted by molar-refractivity contribution is 7.94. The quantitative estimate of drug-likeness (QED) is 0.438. The van der Waals surface area contributed by atoms with Gasteiger partial charge in [-0.2, -0.15) is 0 Å². The fourth-order valence-corrected chi connectivity index (χ4v) is 0.892. The molecule has 0 heterocycles. The van der Waals surface area contributed by atoms with Crippen molar-refractivity contribution < 1.29 is 8.98 Å². The largest absolute Gasteiger partial charge is 0.319 e. The van der Waals surface area contributed by atoms with E-state index in [0.29, 0.717) is 6.42 Å². The number of hydrogen-bond acceptors (Lipinski definition) is 3. The Morgan fingerprint density at radius 2 is 2.33 bits per heavy atom. The third-order valence-corrected chi connectivity index (χ3v) is 1.57. The highest BCUT2D eigenvalue weighted by atomic mass is 32.2. The standard InChI is InChI=1S/C6H12O2S/c1-6(7)4-3-5-9-8-2/h3-5H2,1-2H3. The Labute approximate surface area is 60.2 Å². The summed E-state index contributed by atoms with van der Waals surface area (Å²) in [5.74, 6) is 1.17. The second-order valence-electron chi connectivity index (χ2n) is 1.79. The highest BCUT2D eigenvalue weighted by Gasteiger charge is 1.92. The molecule has 0 aromatic heterocycles. The van der Waals surface area contributed by atoms with Crippen molar-refractivity contribution in [2.45, 2.75) is 19.8 Å². The molecule has 0 aliphatic rings. The molecule has 0 fully saturated rings. The van der Waals surface area contributed by atoms with E-state index in [1.165, 1.54) is 12.0 Å². The minimum Gasteiger partial charge on any atom is -0.319 e. The zero-order valence-electron chi connectivity index (χ0n) is 5.85. The van der Waals surface area contributed by atoms with Crippen LogP contribution in [0.25, 0.3) is 0 Å². The first kappa shape index (κ1) is 8.98. The molecule has 0 aliphatic heterocycles. The third-order valence-electron chi connectivity index (χ3n) is 0.874. The second kappa shape index (κ2) is 6.11. The molecular weight excluding hydrogens is 136 g/mol. The van der Waals surface area contributed by atoms with Crippen LogP contribution in [0.2, 0.25) is 0 Å². The van der Waals surface area contributed by atoms with E-state index >= 15 is 0 Å². The van der Waals surface area contributed by atoms with Gasteiger partial charge in [-0.15, -0.1) is 0 Å². The van der Waals surface area contributed by atoms with Crippen LogP contribution in [-0.4, -0.2) is 18.6 Å². The van der Waals surface area contributed by atoms with Crippen LogP contribution >= 0.6 is 12.0 Å². The molecule has 0 N–H and O–H groups in total. The van der Waals surface area contributed by atoms with E-state index < -0.39 is 0 Å². The van der Waals surface area contributed by atoms with Gasteiger partial charge in [0.25, 0.3) is 0 Å². The molecule has 0 unspecified atom stereocenters. The van der Waals surface area contributed by atoms with Gasteiger partial charge in [-0.3, -0.25) is 0 Å². The van der Waals surface area contributed by atoms with E-state index in [9.17, 15) is 4.79 Å². The zero-order valence-corrected chi connectivity index (χ0v) is 6.66. The fourth-order valence-electron chi connectivity index (χ4n) is 0.463. The van der Waals surface area contributed by atoms with Crippen LogP contribution in [0.4, 0.5) is 0 Å². The first-order valence-corrected chi connectivity index (χ1v) is 3.83. The third kappa shape index (κ3) is 7.98. The molecule has 9 heavy (non-hydrogen) atoms. The molecule has 0 amide bonds. The molecule has 54 valence electrons. The van der Waals surface area contributed by atoms with Gasteiger partial charge in [0, 0.05) is 12.2 Å². The van der Waals surface area contributed by atoms with Crippen molar-refractivity contribution in [1.29, 1.82) is 0 Å². The van der Waals surface area contributed by atoms with Crippen molar-refractivity contribution in [2.75, 3.05) is 12.9 Å². The van der Waals surface area contributed by atoms with Crippen LogP contribution < -0.4 is 0 Å². The van der Waals surface area contributed by atoms with E-state index in [2.05, 4.69) is 0 Å². The van der Waals surface area contributed by atoms with Gasteiger partial charge in [-0.25, -0.2) is 0 Å². The van der Waals surface area contributed by atoms with Crippen LogP contribution in [-0.2, 0) is 8.98 Å². The van der Waals surface area contributed by atoms with Crippen LogP contribution in [0.3, 0.4) is 0 Å². The molecular formula is C6H12O2S. The van der Waals surface area contributed by atoms with Crippen LogP contribution in [0.15, 0.2) is 0 Å². The van der Waals surface area contributed by atoms with E-state index in [4.69, 9.17) is 4.18 Å². The number of carbonyl (C=O) groups excluding carboxylic acids is 1. The lowest BCUT2D eigenvalue weighted by atomic mass is 10.3. The van der Waals surface area contributed by atoms with Gasteiger partial charge in [0.2, 0.25) is 0 Å². The summed E-state index contributed by atoms with van der Waals surface area (Å²) in [4.78, 5) is 10.4. The summed E-state index contributed by atoms with van der Waals surface area (Å²) in [6.45, 7) is 1.61. The first-order valence-electron chi connectivity index (χ1n) is 2.92. The Kier molecular flexibility index (Phi) is 6.09. The molecule has 0 aromatic rings. The molecule has 0 aliphatic carbocycles. The van der Waals surface area contributed by atoms with Crippen LogP contribution in [0.5, 0.6) is 0 Å². The van der Waals surface area contributed by atoms with Gasteiger partial charge in [-0.05, 0) is 25.4 Å². The molecule has 0 spiro atoms. The first-order chi connectivity index (χ1) is 4.27. The highest BCUT2D eigenvalue weighted by Crippen LogP contribution is 2.03. The van der Waals surface area contributed by atoms with Gasteiger partial charge in [0.15, 0.2) is 0 Å². The summed E-state index contributed by atoms with van der Waals surface area (Å²) in [6, 6.07) is 0. The zero-order chi connectivity index (χ0) is 7.11. The normalized spacial score (nSPS) is 9.56. The van der Waals surface area contributed by atoms with Gasteiger partial charge >= 0.3 is 0 Å². The van der Waals surface area contributed by atoms with Crippen LogP contribution in [0.1, 0.15) is 19.8 Å². The summed E-state index contributed by atoms with van der Waals surface area (Å²) < 4.78 is 4.73. The lowest BCUT2D eigenvalue weighted by Gasteiger charge is -1.93. The second-order valence-corrected chi connectivity index (χ2v) is 2.77. The predicted octanol–water partition coefficient (Wildman–Crippen LogP) is 1.65. The van der Waals surface area contributed by atoms with Crippen molar-refractivity contribution >= 4 is 17.8 Å². The maximum Gasteiger partial charge on any atom is 0.129 e. The molecule has 0 saturated carbocycles. The molecule has 0 aromatic carbocycles. The molecule has 3 heteroatoms. The number of carbonyl (C=O) groups is 1. The SMILES string of the molecule is COSCCCC(C)=O. The number of ketones is 1. The molecule has 0 rings (SSSR count). The molecule has 0 radical (unpaired) electrons. The smallest absolute Gasteiger partial charge is 0.129 e. The summed E-state index contributed by atoms with van der Waals surface area (Å²) in [5, 5.41) is 0. The van der Waals surface area contributed by atoms with E-state index in [1.807, 2.05) is 0 Å². The lowest BCUT2D eigenvalue weighted by Crippen LogP contribution is -1.90. The minimum absolute atomic E-state index is 0.256. The van der Waals surface area contributed by atoms with Crippen molar-refractivity contribution in [1.82, 2.24) is 0 Å². The predicted molar refractivity (Wildman–Crippen MR) is 39.4 cm³/mol. The number of rotatable bonds is 5. The Morgan fingerprint density at radius 3 is 2.78 bits per heavy atom. The van der Waals surface area contributed by atoms with Gasteiger partial charge in [0.05, 0.1) is 7.11 Å². The van der Waals surface area contributed by atoms with Crippen molar-refractivity contribution in [3.05, 3.63) is 0 Å². The van der Waals surface area contributed by atoms with Gasteiger partial charge in [-0.1, -0.05) is 0 Å². The van der Waals surface area contributed by atoms with E-state index in [0.717, 1.165) is 12.2 Å². The molecule has 2 nitrogen and oxygen atoms in total. The summed E-state index contributed by atoms with van der Waals surface area (Å²) in [5.41, 5.74) is 0. The molecule has 0 saturated heterocycles. The fraction of sp³-hybridized carbons (Fsp3) is 0.833. The van der Waals surface area contributed by atoms with E-state index in [1.54, 1.807) is 14.0 Å². The summed E-state index contributed by atoms with van der Waals surface area (Å²) in [7, 11) is 1.64.